The van der Waals surface area contributed by atoms with Crippen LogP contribution >= 0.6 is 0 Å². The molecule has 5 aliphatic heterocycles. The number of hydrogen-bond acceptors (Lipinski definition) is 25. The molecule has 5 fully saturated rings. The molecular weight excluding hydrogens is 1730 g/mol. The Morgan fingerprint density at radius 1 is 0.493 bits per heavy atom. The first-order valence-corrected chi connectivity index (χ1v) is 48.4. The summed E-state index contributed by atoms with van der Waals surface area (Å²) in [7, 11) is 11.1. The number of methoxy groups -OCH3 is 2. The minimum Gasteiger partial charge on any atom is -0.497 e. The van der Waals surface area contributed by atoms with E-state index in [1.54, 1.807) is 116 Å². The van der Waals surface area contributed by atoms with Gasteiger partial charge in [0.05, 0.1) is 63.4 Å². The minimum atomic E-state index is -1.50. The summed E-state index contributed by atoms with van der Waals surface area (Å²) in [6.07, 6.45) is -3.22. The van der Waals surface area contributed by atoms with Crippen LogP contribution in [-0.2, 0) is 104 Å². The third-order valence-corrected chi connectivity index (χ3v) is 25.1. The SMILES string of the molecule is C1CCOC1.CC.CC[C@H](C)[C@H]1NC(=O)[C@@H](NC(=O)[C@@H](CC(C)C)N(C)C)[C@@H](C)OC(=O)[C@H](Cc2ccc(OC)cc2)N(C)C(=O)[C@@H]2CCCN2C(=O)[C@H](CC(C)C)NC(=O)[C@H](C(C)C)OC(=O)C[C@@H]1O.CC[C@H](C)[C@H]1NC(=O)[C@@H](NC(=O)[C@@H](CC(C)C)NC)[C@@H](C)OC(=O)[C@H](Cc2ccc(OC)cc2)N(C)C(=O)[C@@H]2CCCN2C(=O)[C@H](CC(C)C)NC(=O)[C@H](C(C)C)OC(=O)C[C@@H]1O. The van der Waals surface area contributed by atoms with Gasteiger partial charge in [0.1, 0.15) is 72.0 Å². The second-order valence-corrected chi connectivity index (χ2v) is 38.6. The van der Waals surface area contributed by atoms with E-state index in [-0.39, 0.29) is 62.4 Å². The average molecular weight is 1890 g/mol. The number of carbonyl (C=O) groups excluding carboxylic acids is 14. The lowest BCUT2D eigenvalue weighted by molar-refractivity contribution is -0.162. The lowest BCUT2D eigenvalue weighted by Crippen LogP contribution is -2.61. The second-order valence-electron chi connectivity index (χ2n) is 38.6. The van der Waals surface area contributed by atoms with Gasteiger partial charge in [-0.05, 0) is 182 Å². The highest BCUT2D eigenvalue weighted by atomic mass is 16.6. The third-order valence-electron chi connectivity index (χ3n) is 25.1. The maximum absolute atomic E-state index is 14.6. The molecule has 2 aromatic carbocycles. The quantitative estimate of drug-likeness (QED) is 0.0333. The fraction of sp³-hybridized carbons (Fsp3) is 0.737. The van der Waals surface area contributed by atoms with Gasteiger partial charge in [-0.2, -0.15) is 0 Å². The summed E-state index contributed by atoms with van der Waals surface area (Å²) < 4.78 is 39.2. The molecular formula is C99H164N12O23. The zero-order valence-electron chi connectivity index (χ0n) is 85.0. The molecule has 35 nitrogen and oxygen atoms in total. The highest BCUT2D eigenvalue weighted by Gasteiger charge is 2.48. The van der Waals surface area contributed by atoms with Crippen LogP contribution in [0.1, 0.15) is 239 Å². The van der Waals surface area contributed by atoms with Crippen LogP contribution in [0.4, 0.5) is 0 Å². The van der Waals surface area contributed by atoms with Crippen LogP contribution in [0.5, 0.6) is 11.5 Å². The van der Waals surface area contributed by atoms with Gasteiger partial charge in [0, 0.05) is 53.2 Å². The number of cyclic esters (lactones) is 4. The van der Waals surface area contributed by atoms with Crippen LogP contribution in [0, 0.1) is 47.3 Å². The fourth-order valence-corrected chi connectivity index (χ4v) is 16.9. The molecule has 5 heterocycles. The number of nitrogens with zero attached hydrogens (tertiary/aromatic N) is 5. The predicted molar refractivity (Wildman–Crippen MR) is 508 cm³/mol. The number of carbonyl (C=O) groups is 14. The number of hydrogen-bond donors (Lipinski definition) is 9. The molecule has 20 atom stereocenters. The van der Waals surface area contributed by atoms with Gasteiger partial charge in [-0.15, -0.1) is 0 Å². The Balaban J connectivity index is 0.000000522. The molecule has 134 heavy (non-hydrogen) atoms. The van der Waals surface area contributed by atoms with Crippen LogP contribution in [0.3, 0.4) is 0 Å². The first kappa shape index (κ1) is 117. The van der Waals surface area contributed by atoms with Gasteiger partial charge in [0.2, 0.25) is 47.3 Å². The number of amides is 10. The highest BCUT2D eigenvalue weighted by Crippen LogP contribution is 2.30. The summed E-state index contributed by atoms with van der Waals surface area (Å²) in [4.78, 5) is 206. The van der Waals surface area contributed by atoms with Gasteiger partial charge < -0.3 is 100 Å². The molecule has 35 heteroatoms. The predicted octanol–water partition coefficient (Wildman–Crippen LogP) is 7.17. The van der Waals surface area contributed by atoms with Gasteiger partial charge in [0.25, 0.3) is 11.8 Å². The smallest absolute Gasteiger partial charge is 0.329 e. The van der Waals surface area contributed by atoms with E-state index >= 15 is 0 Å². The second kappa shape index (κ2) is 57.5. The summed E-state index contributed by atoms with van der Waals surface area (Å²) in [5, 5.41) is 43.0. The molecule has 10 amide bonds. The normalized spacial score (nSPS) is 26.7. The molecule has 2 aromatic rings. The lowest BCUT2D eigenvalue weighted by Gasteiger charge is -2.35. The molecule has 5 aliphatic rings. The van der Waals surface area contributed by atoms with Crippen molar-refractivity contribution >= 4 is 82.9 Å². The Labute approximate surface area is 796 Å². The first-order chi connectivity index (χ1) is 63.1. The van der Waals surface area contributed by atoms with E-state index in [0.717, 1.165) is 13.2 Å². The molecule has 758 valence electrons. The Morgan fingerprint density at radius 2 is 0.851 bits per heavy atom. The van der Waals surface area contributed by atoms with Crippen LogP contribution < -0.4 is 46.7 Å². The molecule has 0 radical (unpaired) electrons. The fourth-order valence-electron chi connectivity index (χ4n) is 16.9. The van der Waals surface area contributed by atoms with Gasteiger partial charge >= 0.3 is 23.9 Å². The van der Waals surface area contributed by atoms with Crippen molar-refractivity contribution in [1.29, 1.82) is 0 Å². The highest BCUT2D eigenvalue weighted by molar-refractivity contribution is 5.98. The Kier molecular flexibility index (Phi) is 50.1. The minimum absolute atomic E-state index is 0.0162. The van der Waals surface area contributed by atoms with Crippen molar-refractivity contribution < 1.29 is 110 Å². The molecule has 0 spiro atoms. The summed E-state index contributed by atoms with van der Waals surface area (Å²) in [5.41, 5.74) is 1.32. The summed E-state index contributed by atoms with van der Waals surface area (Å²) in [6.45, 7) is 38.7. The van der Waals surface area contributed by atoms with E-state index in [1.807, 2.05) is 83.1 Å². The van der Waals surface area contributed by atoms with Gasteiger partial charge in [-0.3, -0.25) is 62.4 Å². The van der Waals surface area contributed by atoms with Crippen molar-refractivity contribution in [2.24, 2.45) is 47.3 Å². The monoisotopic (exact) mass is 1890 g/mol. The molecule has 9 N–H and O–H groups in total. The molecule has 0 saturated carbocycles. The van der Waals surface area contributed by atoms with E-state index in [2.05, 4.69) is 37.2 Å². The van der Waals surface area contributed by atoms with E-state index in [9.17, 15) is 77.3 Å². The topological polar surface area (TPSA) is 444 Å². The molecule has 0 unspecified atom stereocenters. The van der Waals surface area contributed by atoms with Crippen molar-refractivity contribution in [1.82, 2.24) is 61.7 Å². The number of rotatable bonds is 26. The average Bonchev–Trinajstić information content (AvgIpc) is 1.63. The van der Waals surface area contributed by atoms with Gasteiger partial charge in [-0.25, -0.2) is 9.59 Å². The number of nitrogens with one attached hydrogen (secondary N) is 7. The van der Waals surface area contributed by atoms with Crippen molar-refractivity contribution in [2.75, 3.05) is 75.8 Å². The van der Waals surface area contributed by atoms with E-state index < -0.39 is 229 Å². The zero-order chi connectivity index (χ0) is 101. The zero-order valence-corrected chi connectivity index (χ0v) is 85.0. The van der Waals surface area contributed by atoms with Crippen molar-refractivity contribution in [3.8, 4) is 11.5 Å². The number of benzene rings is 2. The summed E-state index contributed by atoms with van der Waals surface area (Å²) in [5.74, 6) is -10.3. The number of fused-ring (bicyclic) bond motifs is 2. The summed E-state index contributed by atoms with van der Waals surface area (Å²) >= 11 is 0. The molecule has 0 bridgehead atoms. The maximum Gasteiger partial charge on any atom is 0.329 e. The largest absolute Gasteiger partial charge is 0.497 e. The molecule has 7 rings (SSSR count). The number of likely N-dealkylation sites (N-methyl/N-ethyl adjacent to an activating group) is 4. The molecule has 5 saturated heterocycles. The van der Waals surface area contributed by atoms with E-state index in [4.69, 9.17) is 33.2 Å². The third kappa shape index (κ3) is 35.5. The van der Waals surface area contributed by atoms with Crippen LogP contribution in [0.25, 0.3) is 0 Å². The standard InChI is InChI=1S/C47H76N6O11.C46H74N6O11.C4H8O.C2H6/c1-14-29(8)39-37(54)25-38(55)64-41(28(6)7)44(58)48-33(22-26(2)3)45(59)53-21-15-16-34(53)46(60)52(12)36(24-31-17-19-32(62-13)20-18-31)47(61)63-30(9)40(43(57)49-39)50-42(56)35(51(10)11)23-27(4)5;1-13-28(8)38-36(53)24-37(54)63-40(27(6)7)43(57)48-33(22-26(4)5)44(58)52-20-14-15-34(52)45(59)51(11)35(23-30-16-18-31(61-12)19-17-30)46(60)62-29(9)39(42(56)49-38)50-41(55)32(47-10)21-25(2)3;1-2-4-5-3-1;1-2/h17-20,26-30,33-37,39-41,54H,14-16,21-25H2,1-13H3,(H,48,58)(H,49,57)(H,50,56);16-19,25-29,32-36,38-40,47,53H,13-15,20-24H2,1-12H3,(H,48,57)(H,49,56)(H,50,55);1-4H2;1-2H3/t29-,30+,33-,34-,35+,36-,37-,39+,40-,41-;28-,29+,32+,33-,34-,35-,36-,38+,39-,40-;;/m00../s1. The van der Waals surface area contributed by atoms with Gasteiger partial charge in [-0.1, -0.05) is 162 Å². The first-order valence-electron chi connectivity index (χ1n) is 48.4. The summed E-state index contributed by atoms with van der Waals surface area (Å²) in [6, 6.07) is 0.760. The van der Waals surface area contributed by atoms with Crippen molar-refractivity contribution in [2.45, 2.75) is 350 Å². The number of esters is 4. The number of aliphatic hydroxyl groups excluding tert-OH is 2. The molecule has 0 aliphatic carbocycles. The number of ether oxygens (including phenoxy) is 7. The van der Waals surface area contributed by atoms with Crippen LogP contribution in [-0.4, -0.2) is 303 Å². The van der Waals surface area contributed by atoms with Crippen molar-refractivity contribution in [3.63, 3.8) is 0 Å². The number of aliphatic hydroxyl groups is 2. The van der Waals surface area contributed by atoms with Crippen LogP contribution in [0.2, 0.25) is 0 Å². The Morgan fingerprint density at radius 3 is 1.15 bits per heavy atom. The van der Waals surface area contributed by atoms with E-state index in [0.29, 0.717) is 74.0 Å². The Bertz CT molecular complexity index is 4060. The van der Waals surface area contributed by atoms with Crippen LogP contribution in [0.15, 0.2) is 48.5 Å². The maximum atomic E-state index is 14.6. The van der Waals surface area contributed by atoms with Crippen molar-refractivity contribution in [3.05, 3.63) is 59.7 Å². The molecule has 0 aromatic heterocycles. The lowest BCUT2D eigenvalue weighted by atomic mass is 9.92. The van der Waals surface area contributed by atoms with E-state index in [1.165, 1.54) is 74.6 Å². The Hall–Kier alpha value is -9.58. The van der Waals surface area contributed by atoms with Gasteiger partial charge in [0.15, 0.2) is 12.2 Å².